The highest BCUT2D eigenvalue weighted by molar-refractivity contribution is 5.86. The summed E-state index contributed by atoms with van der Waals surface area (Å²) in [4.78, 5) is 11.3. The van der Waals surface area contributed by atoms with Crippen molar-refractivity contribution in [2.75, 3.05) is 6.54 Å². The third kappa shape index (κ3) is 2.87. The summed E-state index contributed by atoms with van der Waals surface area (Å²) >= 11 is 0. The van der Waals surface area contributed by atoms with E-state index in [1.807, 2.05) is 0 Å². The van der Waals surface area contributed by atoms with Gasteiger partial charge in [-0.3, -0.25) is 4.79 Å². The van der Waals surface area contributed by atoms with Crippen LogP contribution in [0.3, 0.4) is 0 Å². The zero-order chi connectivity index (χ0) is 12.4. The summed E-state index contributed by atoms with van der Waals surface area (Å²) in [6.07, 6.45) is -0.618. The smallest absolute Gasteiger partial charge is 0.354 e. The Kier molecular flexibility index (Phi) is 3.83. The maximum atomic E-state index is 12.4. The van der Waals surface area contributed by atoms with Gasteiger partial charge in [0.1, 0.15) is 0 Å². The standard InChI is InChI=1S/C10H17F3N2O/c1-9(14,10(11,12)13)8(16)15-6-7-4-2-3-5-7/h7H,2-6,14H2,1H3,(H,15,16). The van der Waals surface area contributed by atoms with E-state index in [0.717, 1.165) is 25.7 Å². The molecule has 0 bridgehead atoms. The van der Waals surface area contributed by atoms with Crippen molar-refractivity contribution in [1.82, 2.24) is 5.32 Å². The van der Waals surface area contributed by atoms with Crippen LogP contribution in [0, 0.1) is 5.92 Å². The second-order valence-electron chi connectivity index (χ2n) is 4.56. The van der Waals surface area contributed by atoms with Crippen molar-refractivity contribution < 1.29 is 18.0 Å². The van der Waals surface area contributed by atoms with Crippen molar-refractivity contribution in [3.63, 3.8) is 0 Å². The summed E-state index contributed by atoms with van der Waals surface area (Å²) < 4.78 is 37.2. The highest BCUT2D eigenvalue weighted by atomic mass is 19.4. The molecule has 16 heavy (non-hydrogen) atoms. The van der Waals surface area contributed by atoms with Gasteiger partial charge in [-0.05, 0) is 25.7 Å². The molecular weight excluding hydrogens is 221 g/mol. The minimum Gasteiger partial charge on any atom is -0.354 e. The minimum atomic E-state index is -4.72. The van der Waals surface area contributed by atoms with Gasteiger partial charge in [-0.1, -0.05) is 12.8 Å². The molecule has 1 aliphatic rings. The molecule has 0 radical (unpaired) electrons. The second-order valence-corrected chi connectivity index (χ2v) is 4.56. The maximum Gasteiger partial charge on any atom is 0.415 e. The molecular formula is C10H17F3N2O. The van der Waals surface area contributed by atoms with E-state index in [1.54, 1.807) is 0 Å². The maximum absolute atomic E-state index is 12.4. The van der Waals surface area contributed by atoms with Crippen LogP contribution < -0.4 is 11.1 Å². The topological polar surface area (TPSA) is 55.1 Å². The van der Waals surface area contributed by atoms with Crippen LogP contribution in [-0.2, 0) is 4.79 Å². The van der Waals surface area contributed by atoms with Gasteiger partial charge in [0.25, 0.3) is 0 Å². The number of hydrogen-bond acceptors (Lipinski definition) is 2. The zero-order valence-corrected chi connectivity index (χ0v) is 9.23. The van der Waals surface area contributed by atoms with Crippen LogP contribution >= 0.6 is 0 Å². The normalized spacial score (nSPS) is 21.8. The van der Waals surface area contributed by atoms with Crippen molar-refractivity contribution >= 4 is 5.91 Å². The zero-order valence-electron chi connectivity index (χ0n) is 9.23. The number of nitrogens with one attached hydrogen (secondary N) is 1. The van der Waals surface area contributed by atoms with E-state index >= 15 is 0 Å². The third-order valence-electron chi connectivity index (χ3n) is 3.09. The van der Waals surface area contributed by atoms with Crippen LogP contribution in [0.5, 0.6) is 0 Å². The lowest BCUT2D eigenvalue weighted by Crippen LogP contribution is -2.61. The Balaban J connectivity index is 2.45. The highest BCUT2D eigenvalue weighted by Gasteiger charge is 2.53. The summed E-state index contributed by atoms with van der Waals surface area (Å²) in [7, 11) is 0. The Morgan fingerprint density at radius 1 is 1.38 bits per heavy atom. The van der Waals surface area contributed by atoms with Crippen molar-refractivity contribution in [3.8, 4) is 0 Å². The number of alkyl halides is 3. The van der Waals surface area contributed by atoms with Gasteiger partial charge in [-0.15, -0.1) is 0 Å². The first-order valence-electron chi connectivity index (χ1n) is 5.39. The van der Waals surface area contributed by atoms with Crippen molar-refractivity contribution in [3.05, 3.63) is 0 Å². The summed E-state index contributed by atoms with van der Waals surface area (Å²) in [5.41, 5.74) is 2.19. The first-order valence-corrected chi connectivity index (χ1v) is 5.39. The van der Waals surface area contributed by atoms with Crippen LogP contribution in [0.25, 0.3) is 0 Å². The van der Waals surface area contributed by atoms with Gasteiger partial charge < -0.3 is 11.1 Å². The van der Waals surface area contributed by atoms with Crippen molar-refractivity contribution in [2.45, 2.75) is 44.3 Å². The first-order chi connectivity index (χ1) is 7.25. The molecule has 0 aromatic rings. The molecule has 1 aliphatic carbocycles. The molecule has 3 N–H and O–H groups in total. The monoisotopic (exact) mass is 238 g/mol. The van der Waals surface area contributed by atoms with E-state index in [1.165, 1.54) is 0 Å². The first kappa shape index (κ1) is 13.3. The van der Waals surface area contributed by atoms with E-state index in [-0.39, 0.29) is 0 Å². The average Bonchev–Trinajstić information content (AvgIpc) is 2.64. The Morgan fingerprint density at radius 2 is 1.88 bits per heavy atom. The molecule has 0 saturated heterocycles. The fourth-order valence-electron chi connectivity index (χ4n) is 1.76. The second kappa shape index (κ2) is 4.61. The molecule has 94 valence electrons. The Labute approximate surface area is 92.6 Å². The molecule has 0 aromatic heterocycles. The number of hydrogen-bond donors (Lipinski definition) is 2. The Morgan fingerprint density at radius 3 is 2.31 bits per heavy atom. The van der Waals surface area contributed by atoms with E-state index in [4.69, 9.17) is 5.73 Å². The molecule has 1 saturated carbocycles. The summed E-state index contributed by atoms with van der Waals surface area (Å²) in [5, 5.41) is 2.29. The quantitative estimate of drug-likeness (QED) is 0.784. The molecule has 1 fully saturated rings. The summed E-state index contributed by atoms with van der Waals surface area (Å²) in [5.74, 6) is -0.847. The van der Waals surface area contributed by atoms with E-state index in [9.17, 15) is 18.0 Å². The van der Waals surface area contributed by atoms with Gasteiger partial charge in [-0.25, -0.2) is 0 Å². The van der Waals surface area contributed by atoms with Gasteiger partial charge >= 0.3 is 6.18 Å². The summed E-state index contributed by atoms with van der Waals surface area (Å²) in [6.45, 7) is 0.985. The molecule has 3 nitrogen and oxygen atoms in total. The number of carbonyl (C=O) groups is 1. The SMILES string of the molecule is CC(N)(C(=O)NCC1CCCC1)C(F)(F)F. The van der Waals surface area contributed by atoms with Gasteiger partial charge in [0.2, 0.25) is 5.91 Å². The van der Waals surface area contributed by atoms with Gasteiger partial charge in [0.15, 0.2) is 5.54 Å². The Bertz CT molecular complexity index is 257. The largest absolute Gasteiger partial charge is 0.415 e. The minimum absolute atomic E-state index is 0.293. The molecule has 6 heteroatoms. The van der Waals surface area contributed by atoms with Crippen molar-refractivity contribution in [2.24, 2.45) is 11.7 Å². The lowest BCUT2D eigenvalue weighted by atomic mass is 10.0. The molecule has 1 unspecified atom stereocenters. The fourth-order valence-corrected chi connectivity index (χ4v) is 1.76. The lowest BCUT2D eigenvalue weighted by Gasteiger charge is -2.26. The Hall–Kier alpha value is -0.780. The fraction of sp³-hybridized carbons (Fsp3) is 0.900. The molecule has 1 atom stereocenters. The van der Waals surface area contributed by atoms with Gasteiger partial charge in [-0.2, -0.15) is 13.2 Å². The van der Waals surface area contributed by atoms with Crippen LogP contribution in [0.15, 0.2) is 0 Å². The number of carbonyl (C=O) groups excluding carboxylic acids is 1. The predicted octanol–water partition coefficient (Wildman–Crippen LogP) is 1.57. The van der Waals surface area contributed by atoms with Gasteiger partial charge in [0.05, 0.1) is 0 Å². The van der Waals surface area contributed by atoms with Crippen LogP contribution in [0.1, 0.15) is 32.6 Å². The highest BCUT2D eigenvalue weighted by Crippen LogP contribution is 2.28. The van der Waals surface area contributed by atoms with E-state index in [0.29, 0.717) is 19.4 Å². The van der Waals surface area contributed by atoms with Crippen LogP contribution in [-0.4, -0.2) is 24.2 Å². The molecule has 0 aliphatic heterocycles. The number of nitrogens with two attached hydrogens (primary N) is 1. The average molecular weight is 238 g/mol. The molecule has 1 amide bonds. The van der Waals surface area contributed by atoms with Gasteiger partial charge in [0, 0.05) is 6.54 Å². The summed E-state index contributed by atoms with van der Waals surface area (Å²) in [6, 6.07) is 0. The lowest BCUT2D eigenvalue weighted by molar-refractivity contribution is -0.187. The number of rotatable bonds is 3. The van der Waals surface area contributed by atoms with Crippen LogP contribution in [0.2, 0.25) is 0 Å². The van der Waals surface area contributed by atoms with E-state index in [2.05, 4.69) is 5.32 Å². The molecule has 0 aromatic carbocycles. The molecule has 0 heterocycles. The predicted molar refractivity (Wildman–Crippen MR) is 53.6 cm³/mol. The third-order valence-corrected chi connectivity index (χ3v) is 3.09. The number of halogens is 3. The molecule has 0 spiro atoms. The van der Waals surface area contributed by atoms with E-state index < -0.39 is 17.6 Å². The van der Waals surface area contributed by atoms with Crippen molar-refractivity contribution in [1.29, 1.82) is 0 Å². The molecule has 1 rings (SSSR count). The number of amides is 1. The van der Waals surface area contributed by atoms with Crippen LogP contribution in [0.4, 0.5) is 13.2 Å².